The number of urea groups is 1. The second kappa shape index (κ2) is 8.59. The molecule has 2 aromatic carbocycles. The zero-order chi connectivity index (χ0) is 15.8. The molecular weight excluding hydrogens is 340 g/mol. The molecule has 0 atom stereocenters. The fourth-order valence-corrected chi connectivity index (χ4v) is 2.36. The summed E-state index contributed by atoms with van der Waals surface area (Å²) in [5.41, 5.74) is 3.18. The summed E-state index contributed by atoms with van der Waals surface area (Å²) in [6.45, 7) is 2.69. The predicted octanol–water partition coefficient (Wildman–Crippen LogP) is 5.11. The van der Waals surface area contributed by atoms with Gasteiger partial charge in [0.2, 0.25) is 0 Å². The first-order valence-corrected chi connectivity index (χ1v) is 8.35. The molecule has 3 nitrogen and oxygen atoms in total. The lowest BCUT2D eigenvalue weighted by atomic mass is 10.1. The van der Waals surface area contributed by atoms with E-state index in [1.54, 1.807) is 0 Å². The number of halogens is 1. The number of aryl methyl sites for hydroxylation is 1. The van der Waals surface area contributed by atoms with E-state index in [4.69, 9.17) is 0 Å². The van der Waals surface area contributed by atoms with Gasteiger partial charge in [-0.1, -0.05) is 53.5 Å². The Balaban J connectivity index is 1.80. The monoisotopic (exact) mass is 360 g/mol. The lowest BCUT2D eigenvalue weighted by molar-refractivity contribution is 0.251. The molecule has 4 heteroatoms. The molecule has 116 valence electrons. The second-order valence-corrected chi connectivity index (χ2v) is 6.15. The molecule has 0 saturated carbocycles. The zero-order valence-corrected chi connectivity index (χ0v) is 14.3. The minimum Gasteiger partial charge on any atom is -0.334 e. The van der Waals surface area contributed by atoms with Crippen LogP contribution in [0.3, 0.4) is 0 Å². The Morgan fingerprint density at radius 3 is 2.27 bits per heavy atom. The minimum atomic E-state index is -0.191. The molecule has 2 aromatic rings. The first kappa shape index (κ1) is 16.6. The Kier molecular flexibility index (Phi) is 6.46. The summed E-state index contributed by atoms with van der Waals surface area (Å²) in [4.78, 5) is 11.9. The molecule has 22 heavy (non-hydrogen) atoms. The van der Waals surface area contributed by atoms with Crippen molar-refractivity contribution in [1.29, 1.82) is 0 Å². The Labute approximate surface area is 140 Å². The maximum atomic E-state index is 11.9. The van der Waals surface area contributed by atoms with Crippen LogP contribution in [0.4, 0.5) is 10.5 Å². The van der Waals surface area contributed by atoms with Crippen molar-refractivity contribution in [3.8, 4) is 0 Å². The lowest BCUT2D eigenvalue weighted by Crippen LogP contribution is -2.28. The van der Waals surface area contributed by atoms with Crippen LogP contribution >= 0.6 is 15.9 Å². The van der Waals surface area contributed by atoms with Gasteiger partial charge < -0.3 is 10.6 Å². The molecule has 0 unspecified atom stereocenters. The zero-order valence-electron chi connectivity index (χ0n) is 12.7. The number of nitrogens with one attached hydrogen (secondary N) is 2. The number of carbonyl (C=O) groups is 1. The quantitative estimate of drug-likeness (QED) is 0.737. The molecule has 0 aromatic heterocycles. The number of hydrogen-bond acceptors (Lipinski definition) is 1. The largest absolute Gasteiger partial charge is 0.334 e. The van der Waals surface area contributed by atoms with Gasteiger partial charge in [0, 0.05) is 16.7 Å². The van der Waals surface area contributed by atoms with Crippen molar-refractivity contribution >= 4 is 27.6 Å². The molecule has 0 aliphatic carbocycles. The van der Waals surface area contributed by atoms with E-state index >= 15 is 0 Å². The summed E-state index contributed by atoms with van der Waals surface area (Å²) in [7, 11) is 0. The van der Waals surface area contributed by atoms with Crippen LogP contribution in [0, 0.1) is 0 Å². The van der Waals surface area contributed by atoms with Gasteiger partial charge in [0.1, 0.15) is 0 Å². The maximum absolute atomic E-state index is 11.9. The molecule has 0 spiro atoms. The Morgan fingerprint density at radius 2 is 1.64 bits per heavy atom. The SMILES string of the molecule is CCCCc1ccc(NC(=O)NCc2ccc(Br)cc2)cc1. The van der Waals surface area contributed by atoms with Gasteiger partial charge >= 0.3 is 6.03 Å². The van der Waals surface area contributed by atoms with Gasteiger partial charge in [-0.15, -0.1) is 0 Å². The highest BCUT2D eigenvalue weighted by molar-refractivity contribution is 9.10. The molecule has 0 bridgehead atoms. The molecule has 0 aliphatic rings. The number of rotatable bonds is 6. The van der Waals surface area contributed by atoms with Crippen LogP contribution in [-0.2, 0) is 13.0 Å². The van der Waals surface area contributed by atoms with Crippen LogP contribution in [0.15, 0.2) is 53.0 Å². The highest BCUT2D eigenvalue weighted by Gasteiger charge is 2.02. The molecule has 0 saturated heterocycles. The molecule has 0 radical (unpaired) electrons. The van der Waals surface area contributed by atoms with E-state index in [-0.39, 0.29) is 6.03 Å². The fourth-order valence-electron chi connectivity index (χ4n) is 2.10. The summed E-state index contributed by atoms with van der Waals surface area (Å²) in [5.74, 6) is 0. The Hall–Kier alpha value is -1.81. The van der Waals surface area contributed by atoms with E-state index in [0.717, 1.165) is 22.1 Å². The third kappa shape index (κ3) is 5.53. The van der Waals surface area contributed by atoms with Crippen LogP contribution in [0.5, 0.6) is 0 Å². The summed E-state index contributed by atoms with van der Waals surface area (Å²) < 4.78 is 1.03. The van der Waals surface area contributed by atoms with Crippen LogP contribution in [0.1, 0.15) is 30.9 Å². The van der Waals surface area contributed by atoms with E-state index in [0.29, 0.717) is 6.54 Å². The van der Waals surface area contributed by atoms with Gasteiger partial charge in [-0.2, -0.15) is 0 Å². The second-order valence-electron chi connectivity index (χ2n) is 5.23. The van der Waals surface area contributed by atoms with E-state index in [2.05, 4.69) is 45.6 Å². The van der Waals surface area contributed by atoms with Crippen molar-refractivity contribution in [3.63, 3.8) is 0 Å². The van der Waals surface area contributed by atoms with Crippen LogP contribution in [0.25, 0.3) is 0 Å². The Bertz CT molecular complexity index is 593. The van der Waals surface area contributed by atoms with E-state index < -0.39 is 0 Å². The van der Waals surface area contributed by atoms with Crippen molar-refractivity contribution in [1.82, 2.24) is 5.32 Å². The predicted molar refractivity (Wildman–Crippen MR) is 95.1 cm³/mol. The van der Waals surface area contributed by atoms with Crippen LogP contribution < -0.4 is 10.6 Å². The van der Waals surface area contributed by atoms with Gasteiger partial charge in [-0.25, -0.2) is 4.79 Å². The average Bonchev–Trinajstić information content (AvgIpc) is 2.54. The smallest absolute Gasteiger partial charge is 0.319 e. The molecule has 0 fully saturated rings. The minimum absolute atomic E-state index is 0.191. The third-order valence-electron chi connectivity index (χ3n) is 3.40. The van der Waals surface area contributed by atoms with Gasteiger partial charge in [-0.05, 0) is 48.2 Å². The number of anilines is 1. The first-order chi connectivity index (χ1) is 10.7. The van der Waals surface area contributed by atoms with Crippen molar-refractivity contribution in [2.75, 3.05) is 5.32 Å². The molecular formula is C18H21BrN2O. The van der Waals surface area contributed by atoms with Gasteiger partial charge in [0.05, 0.1) is 0 Å². The number of benzene rings is 2. The summed E-state index contributed by atoms with van der Waals surface area (Å²) in [6.07, 6.45) is 3.48. The fraction of sp³-hybridized carbons (Fsp3) is 0.278. The van der Waals surface area contributed by atoms with Crippen molar-refractivity contribution in [2.45, 2.75) is 32.7 Å². The van der Waals surface area contributed by atoms with Crippen molar-refractivity contribution in [2.24, 2.45) is 0 Å². The number of unbranched alkanes of at least 4 members (excludes halogenated alkanes) is 1. The van der Waals surface area contributed by atoms with Gasteiger partial charge in [0.15, 0.2) is 0 Å². The third-order valence-corrected chi connectivity index (χ3v) is 3.93. The maximum Gasteiger partial charge on any atom is 0.319 e. The molecule has 2 amide bonds. The molecule has 2 N–H and O–H groups in total. The van der Waals surface area contributed by atoms with Gasteiger partial charge in [0.25, 0.3) is 0 Å². The molecule has 2 rings (SSSR count). The number of amides is 2. The van der Waals surface area contributed by atoms with Crippen molar-refractivity contribution < 1.29 is 4.79 Å². The first-order valence-electron chi connectivity index (χ1n) is 7.55. The van der Waals surface area contributed by atoms with E-state index in [9.17, 15) is 4.79 Å². The average molecular weight is 361 g/mol. The topological polar surface area (TPSA) is 41.1 Å². The lowest BCUT2D eigenvalue weighted by Gasteiger charge is -2.08. The normalized spacial score (nSPS) is 10.3. The molecule has 0 heterocycles. The molecule has 0 aliphatic heterocycles. The van der Waals surface area contributed by atoms with E-state index in [1.165, 1.54) is 18.4 Å². The standard InChI is InChI=1S/C18H21BrN2O/c1-2-3-4-14-7-11-17(12-8-14)21-18(22)20-13-15-5-9-16(19)10-6-15/h5-12H,2-4,13H2,1H3,(H2,20,21,22). The summed E-state index contributed by atoms with van der Waals surface area (Å²) in [6, 6.07) is 15.7. The number of carbonyl (C=O) groups excluding carboxylic acids is 1. The Morgan fingerprint density at radius 1 is 1.00 bits per heavy atom. The highest BCUT2D eigenvalue weighted by atomic mass is 79.9. The van der Waals surface area contributed by atoms with Crippen molar-refractivity contribution in [3.05, 3.63) is 64.1 Å². The van der Waals surface area contributed by atoms with Crippen LogP contribution in [0.2, 0.25) is 0 Å². The van der Waals surface area contributed by atoms with Crippen LogP contribution in [-0.4, -0.2) is 6.03 Å². The summed E-state index contributed by atoms with van der Waals surface area (Å²) in [5, 5.41) is 5.70. The van der Waals surface area contributed by atoms with E-state index in [1.807, 2.05) is 36.4 Å². The van der Waals surface area contributed by atoms with Gasteiger partial charge in [-0.3, -0.25) is 0 Å². The highest BCUT2D eigenvalue weighted by Crippen LogP contribution is 2.12. The summed E-state index contributed by atoms with van der Waals surface area (Å²) >= 11 is 3.39. The number of hydrogen-bond donors (Lipinski definition) is 2.